The second-order valence-corrected chi connectivity index (χ2v) is 6.13. The summed E-state index contributed by atoms with van der Waals surface area (Å²) in [5.74, 6) is -1.49. The van der Waals surface area contributed by atoms with Crippen molar-refractivity contribution in [2.45, 2.75) is 12.5 Å². The fraction of sp³-hybridized carbons (Fsp3) is 0.125. The van der Waals surface area contributed by atoms with Crippen molar-refractivity contribution < 1.29 is 71.0 Å². The molecule has 0 radical (unpaired) electrons. The number of carbonyl (C=O) groups excluding carboxylic acids is 2. The van der Waals surface area contributed by atoms with Gasteiger partial charge in [-0.15, -0.1) is 0 Å². The van der Waals surface area contributed by atoms with Gasteiger partial charge >= 0.3 is 57.4 Å². The quantitative estimate of drug-likeness (QED) is 0.355. The van der Waals surface area contributed by atoms with E-state index in [0.717, 1.165) is 0 Å². The molecule has 2 amide bonds. The second-order valence-electron chi connectivity index (χ2n) is 5.26. The Morgan fingerprint density at radius 3 is 2.11 bits per heavy atom. The van der Waals surface area contributed by atoms with Crippen molar-refractivity contribution in [1.82, 2.24) is 5.32 Å². The van der Waals surface area contributed by atoms with Crippen LogP contribution >= 0.6 is 23.2 Å². The molecular formula is C16H12Cl2KN3O5. The number of benzene rings is 2. The van der Waals surface area contributed by atoms with Gasteiger partial charge in [-0.25, -0.2) is 4.79 Å². The van der Waals surface area contributed by atoms with E-state index >= 15 is 0 Å². The molecule has 0 saturated heterocycles. The molecule has 0 heterocycles. The summed E-state index contributed by atoms with van der Waals surface area (Å²) in [5.41, 5.74) is 0.629. The molecule has 2 N–H and O–H groups in total. The second kappa shape index (κ2) is 11.0. The van der Waals surface area contributed by atoms with Gasteiger partial charge in [0.25, 0.3) is 5.69 Å². The molecule has 0 aromatic heterocycles. The number of nitrogens with one attached hydrogen (secondary N) is 2. The fourth-order valence-corrected chi connectivity index (χ4v) is 2.72. The third kappa shape index (κ3) is 7.74. The van der Waals surface area contributed by atoms with Gasteiger partial charge in [0.05, 0.1) is 16.9 Å². The van der Waals surface area contributed by atoms with Gasteiger partial charge in [0.2, 0.25) is 0 Å². The smallest absolute Gasteiger partial charge is 0.548 e. The van der Waals surface area contributed by atoms with Crippen LogP contribution < -0.4 is 67.1 Å². The number of carbonyl (C=O) groups is 2. The number of nitrogens with zero attached hydrogens (tertiary/aromatic N) is 1. The average Bonchev–Trinajstić information content (AvgIpc) is 2.53. The first kappa shape index (κ1) is 23.8. The molecule has 11 heteroatoms. The summed E-state index contributed by atoms with van der Waals surface area (Å²) in [5, 5.41) is 27.2. The van der Waals surface area contributed by atoms with E-state index in [1.807, 2.05) is 0 Å². The first-order valence-corrected chi connectivity index (χ1v) is 7.98. The molecule has 0 saturated carbocycles. The van der Waals surface area contributed by atoms with Crippen LogP contribution in [0.1, 0.15) is 5.56 Å². The van der Waals surface area contributed by atoms with Crippen molar-refractivity contribution in [1.29, 1.82) is 0 Å². The van der Waals surface area contributed by atoms with E-state index < -0.39 is 23.0 Å². The van der Waals surface area contributed by atoms with Crippen molar-refractivity contribution in [3.8, 4) is 0 Å². The Morgan fingerprint density at radius 1 is 1.07 bits per heavy atom. The van der Waals surface area contributed by atoms with Gasteiger partial charge in [-0.1, -0.05) is 23.2 Å². The molecule has 0 aliphatic heterocycles. The molecule has 2 rings (SSSR count). The molecule has 0 aliphatic rings. The number of halogens is 2. The van der Waals surface area contributed by atoms with Crippen LogP contribution in [-0.4, -0.2) is 23.0 Å². The van der Waals surface area contributed by atoms with Crippen LogP contribution in [0.2, 0.25) is 10.0 Å². The molecule has 0 aliphatic carbocycles. The van der Waals surface area contributed by atoms with E-state index in [1.54, 1.807) is 0 Å². The Morgan fingerprint density at radius 2 is 1.63 bits per heavy atom. The van der Waals surface area contributed by atoms with Crippen LogP contribution in [0.15, 0.2) is 42.5 Å². The normalized spacial score (nSPS) is 11.0. The first-order chi connectivity index (χ1) is 12.2. The van der Waals surface area contributed by atoms with Gasteiger partial charge in [0, 0.05) is 27.9 Å². The molecule has 0 bridgehead atoms. The van der Waals surface area contributed by atoms with Gasteiger partial charge in [0.1, 0.15) is 0 Å². The van der Waals surface area contributed by atoms with Crippen molar-refractivity contribution in [3.63, 3.8) is 0 Å². The van der Waals surface area contributed by atoms with Gasteiger partial charge in [0.15, 0.2) is 0 Å². The van der Waals surface area contributed by atoms with Crippen molar-refractivity contribution in [2.75, 3.05) is 5.32 Å². The number of hydrogen-bond acceptors (Lipinski definition) is 5. The van der Waals surface area contributed by atoms with Crippen molar-refractivity contribution >= 4 is 46.6 Å². The van der Waals surface area contributed by atoms with Crippen molar-refractivity contribution in [3.05, 3.63) is 68.2 Å². The topological polar surface area (TPSA) is 124 Å². The van der Waals surface area contributed by atoms with Crippen LogP contribution in [-0.2, 0) is 11.2 Å². The summed E-state index contributed by atoms with van der Waals surface area (Å²) in [7, 11) is 0. The number of rotatable bonds is 6. The molecule has 1 atom stereocenters. The van der Waals surface area contributed by atoms with E-state index in [1.165, 1.54) is 42.5 Å². The first-order valence-electron chi connectivity index (χ1n) is 7.22. The largest absolute Gasteiger partial charge is 1.00 e. The zero-order chi connectivity index (χ0) is 19.3. The maximum absolute atomic E-state index is 12.0. The summed E-state index contributed by atoms with van der Waals surface area (Å²) in [4.78, 5) is 33.3. The number of hydrogen-bond donors (Lipinski definition) is 2. The molecule has 2 aromatic carbocycles. The molecule has 0 fully saturated rings. The number of aliphatic carboxylic acids is 1. The van der Waals surface area contributed by atoms with E-state index in [4.69, 9.17) is 23.2 Å². The Balaban J connectivity index is 0.00000364. The zero-order valence-electron chi connectivity index (χ0n) is 14.1. The van der Waals surface area contributed by atoms with E-state index in [9.17, 15) is 24.8 Å². The van der Waals surface area contributed by atoms with E-state index in [-0.39, 0.29) is 69.2 Å². The van der Waals surface area contributed by atoms with Crippen LogP contribution in [0.5, 0.6) is 0 Å². The van der Waals surface area contributed by atoms with Gasteiger partial charge in [-0.05, 0) is 42.3 Å². The summed E-state index contributed by atoms with van der Waals surface area (Å²) < 4.78 is 0. The summed E-state index contributed by atoms with van der Waals surface area (Å²) in [6.07, 6.45) is -0.0870. The zero-order valence-corrected chi connectivity index (χ0v) is 18.7. The third-order valence-electron chi connectivity index (χ3n) is 3.29. The van der Waals surface area contributed by atoms with Gasteiger partial charge in [-0.2, -0.15) is 0 Å². The molecule has 2 aromatic rings. The number of carboxylic acid groups (broad SMARTS) is 1. The molecule has 136 valence electrons. The number of anilines is 1. The van der Waals surface area contributed by atoms with Crippen LogP contribution in [0, 0.1) is 10.1 Å². The van der Waals surface area contributed by atoms with Gasteiger partial charge in [-0.3, -0.25) is 10.1 Å². The Hall–Kier alpha value is -1.20. The minimum absolute atomic E-state index is 0. The minimum atomic E-state index is -1.49. The molecule has 1 unspecified atom stereocenters. The van der Waals surface area contributed by atoms with Crippen LogP contribution in [0.4, 0.5) is 16.2 Å². The summed E-state index contributed by atoms with van der Waals surface area (Å²) in [6, 6.07) is 7.47. The van der Waals surface area contributed by atoms with Gasteiger partial charge < -0.3 is 20.5 Å². The number of nitro benzene ring substituents is 1. The number of nitro groups is 1. The maximum Gasteiger partial charge on any atom is 1.00 e. The third-order valence-corrected chi connectivity index (χ3v) is 3.72. The average molecular weight is 436 g/mol. The minimum Gasteiger partial charge on any atom is -0.548 e. The van der Waals surface area contributed by atoms with Crippen LogP contribution in [0.25, 0.3) is 0 Å². The molecule has 27 heavy (non-hydrogen) atoms. The number of carboxylic acids is 1. The molecular weight excluding hydrogens is 424 g/mol. The van der Waals surface area contributed by atoms with Crippen molar-refractivity contribution in [2.24, 2.45) is 0 Å². The van der Waals surface area contributed by atoms with E-state index in [0.29, 0.717) is 15.6 Å². The predicted molar refractivity (Wildman–Crippen MR) is 94.2 cm³/mol. The number of urea groups is 1. The monoisotopic (exact) mass is 435 g/mol. The van der Waals surface area contributed by atoms with Crippen LogP contribution in [0.3, 0.4) is 0 Å². The predicted octanol–water partition coefficient (Wildman–Crippen LogP) is -0.612. The molecule has 8 nitrogen and oxygen atoms in total. The fourth-order valence-electron chi connectivity index (χ4n) is 2.15. The molecule has 0 spiro atoms. The number of non-ortho nitro benzene ring substituents is 1. The standard InChI is InChI=1S/C16H13Cl2N3O5.K/c17-10-5-9(6-11(18)8-10)7-14(15(22)23)20-16(24)19-12-1-3-13(4-2-12)21(25)26;/h1-6,8,14H,7H2,(H,22,23)(H2,19,20,24);/q;+1/p-1. The Kier molecular flexibility index (Phi) is 9.67. The van der Waals surface area contributed by atoms with E-state index in [2.05, 4.69) is 10.6 Å². The SMILES string of the molecule is O=C(Nc1ccc([N+](=O)[O-])cc1)NC(Cc1cc(Cl)cc(Cl)c1)C(=O)[O-].[K+]. The Labute approximate surface area is 206 Å². The summed E-state index contributed by atoms with van der Waals surface area (Å²) >= 11 is 11.7. The summed E-state index contributed by atoms with van der Waals surface area (Å²) in [6.45, 7) is 0. The maximum atomic E-state index is 12.0. The number of amides is 2. The Bertz CT molecular complexity index is 828.